The zero-order valence-corrected chi connectivity index (χ0v) is 15.8. The van der Waals surface area contributed by atoms with Gasteiger partial charge in [0.1, 0.15) is 5.60 Å². The van der Waals surface area contributed by atoms with Crippen LogP contribution < -0.4 is 10.6 Å². The smallest absolute Gasteiger partial charge is 0.191 e. The average Bonchev–Trinajstić information content (AvgIpc) is 2.59. The number of nitrogens with zero attached hydrogens (tertiary/aromatic N) is 1. The van der Waals surface area contributed by atoms with Gasteiger partial charge < -0.3 is 20.5 Å². The summed E-state index contributed by atoms with van der Waals surface area (Å²) in [5, 5.41) is 17.5. The van der Waals surface area contributed by atoms with E-state index in [1.165, 1.54) is 19.3 Å². The minimum atomic E-state index is -0.978. The first-order chi connectivity index (χ1) is 12.0. The summed E-state index contributed by atoms with van der Waals surface area (Å²) >= 11 is 0. The molecule has 0 bridgehead atoms. The number of aliphatic imine (C=N–C) groups is 1. The van der Waals surface area contributed by atoms with E-state index in [4.69, 9.17) is 4.74 Å². The number of aliphatic hydroxyl groups is 1. The molecule has 0 aromatic heterocycles. The molecular formula is C20H33N3O2. The van der Waals surface area contributed by atoms with Crippen molar-refractivity contribution in [2.75, 3.05) is 33.4 Å². The van der Waals surface area contributed by atoms with Crippen LogP contribution in [0.1, 0.15) is 45.1 Å². The Balaban J connectivity index is 1.96. The number of methoxy groups -OCH3 is 1. The maximum Gasteiger partial charge on any atom is 0.191 e. The molecule has 1 saturated carbocycles. The highest BCUT2D eigenvalue weighted by Crippen LogP contribution is 2.43. The van der Waals surface area contributed by atoms with E-state index in [0.29, 0.717) is 12.0 Å². The van der Waals surface area contributed by atoms with Gasteiger partial charge in [-0.15, -0.1) is 0 Å². The molecule has 0 spiro atoms. The van der Waals surface area contributed by atoms with E-state index in [0.717, 1.165) is 37.6 Å². The zero-order valence-electron chi connectivity index (χ0n) is 15.8. The normalized spacial score (nSPS) is 19.0. The second kappa shape index (κ2) is 9.20. The van der Waals surface area contributed by atoms with Crippen molar-refractivity contribution in [2.24, 2.45) is 10.4 Å². The third kappa shape index (κ3) is 5.72. The second-order valence-corrected chi connectivity index (χ2v) is 7.28. The van der Waals surface area contributed by atoms with Crippen molar-refractivity contribution in [3.63, 3.8) is 0 Å². The van der Waals surface area contributed by atoms with Crippen LogP contribution in [0.3, 0.4) is 0 Å². The molecule has 1 aromatic rings. The van der Waals surface area contributed by atoms with Crippen LogP contribution in [-0.2, 0) is 10.3 Å². The molecule has 5 heteroatoms. The van der Waals surface area contributed by atoms with Crippen molar-refractivity contribution < 1.29 is 9.84 Å². The number of ether oxygens (including phenoxy) is 1. The van der Waals surface area contributed by atoms with Gasteiger partial charge in [-0.25, -0.2) is 4.99 Å². The maximum atomic E-state index is 10.7. The first kappa shape index (κ1) is 19.7. The molecule has 140 valence electrons. The van der Waals surface area contributed by atoms with Crippen LogP contribution in [0.2, 0.25) is 0 Å². The fourth-order valence-electron chi connectivity index (χ4n) is 3.24. The lowest BCUT2D eigenvalue weighted by Crippen LogP contribution is -2.47. The summed E-state index contributed by atoms with van der Waals surface area (Å²) in [5.41, 5.74) is 0.229. The van der Waals surface area contributed by atoms with E-state index in [1.807, 2.05) is 30.3 Å². The summed E-state index contributed by atoms with van der Waals surface area (Å²) in [6.45, 7) is 6.67. The number of guanidine groups is 1. The Morgan fingerprint density at radius 2 is 2.00 bits per heavy atom. The minimum Gasteiger partial charge on any atom is -0.385 e. The molecule has 25 heavy (non-hydrogen) atoms. The fourth-order valence-corrected chi connectivity index (χ4v) is 3.24. The van der Waals surface area contributed by atoms with Gasteiger partial charge in [0.2, 0.25) is 0 Å². The van der Waals surface area contributed by atoms with Crippen molar-refractivity contribution in [3.05, 3.63) is 35.9 Å². The van der Waals surface area contributed by atoms with Crippen molar-refractivity contribution in [2.45, 2.75) is 45.1 Å². The Morgan fingerprint density at radius 1 is 1.28 bits per heavy atom. The van der Waals surface area contributed by atoms with Crippen LogP contribution in [0, 0.1) is 5.41 Å². The van der Waals surface area contributed by atoms with Gasteiger partial charge in [-0.05, 0) is 44.1 Å². The quantitative estimate of drug-likeness (QED) is 0.475. The second-order valence-electron chi connectivity index (χ2n) is 7.28. The fraction of sp³-hybridized carbons (Fsp3) is 0.650. The van der Waals surface area contributed by atoms with Gasteiger partial charge in [0.15, 0.2) is 5.96 Å². The van der Waals surface area contributed by atoms with Crippen LogP contribution in [-0.4, -0.2) is 44.4 Å². The molecule has 2 rings (SSSR count). The van der Waals surface area contributed by atoms with E-state index in [2.05, 4.69) is 22.5 Å². The molecule has 1 unspecified atom stereocenters. The average molecular weight is 348 g/mol. The van der Waals surface area contributed by atoms with Crippen LogP contribution >= 0.6 is 0 Å². The lowest BCUT2D eigenvalue weighted by molar-refractivity contribution is 0.0666. The largest absolute Gasteiger partial charge is 0.385 e. The number of nitrogens with one attached hydrogen (secondary N) is 2. The van der Waals surface area contributed by atoms with Crippen molar-refractivity contribution in [1.82, 2.24) is 10.6 Å². The summed E-state index contributed by atoms with van der Waals surface area (Å²) in [4.78, 5) is 4.62. The van der Waals surface area contributed by atoms with E-state index < -0.39 is 5.60 Å². The van der Waals surface area contributed by atoms with E-state index >= 15 is 0 Å². The van der Waals surface area contributed by atoms with Gasteiger partial charge in [-0.2, -0.15) is 0 Å². The highest BCUT2D eigenvalue weighted by atomic mass is 16.5. The summed E-state index contributed by atoms with van der Waals surface area (Å²) in [7, 11) is 1.76. The third-order valence-electron chi connectivity index (χ3n) is 5.17. The molecular weight excluding hydrogens is 314 g/mol. The lowest BCUT2D eigenvalue weighted by atomic mass is 9.67. The first-order valence-corrected chi connectivity index (χ1v) is 9.30. The van der Waals surface area contributed by atoms with Gasteiger partial charge in [0.25, 0.3) is 0 Å². The number of rotatable bonds is 9. The van der Waals surface area contributed by atoms with E-state index in [-0.39, 0.29) is 0 Å². The highest BCUT2D eigenvalue weighted by Gasteiger charge is 2.36. The van der Waals surface area contributed by atoms with E-state index in [9.17, 15) is 5.11 Å². The maximum absolute atomic E-state index is 10.7. The van der Waals surface area contributed by atoms with Gasteiger partial charge in [-0.1, -0.05) is 36.8 Å². The Morgan fingerprint density at radius 3 is 2.56 bits per heavy atom. The predicted octanol–water partition coefficient (Wildman–Crippen LogP) is 2.66. The zero-order chi connectivity index (χ0) is 18.2. The minimum absolute atomic E-state index is 0.317. The molecule has 1 aliphatic rings. The molecule has 5 nitrogen and oxygen atoms in total. The monoisotopic (exact) mass is 347 g/mol. The molecule has 3 N–H and O–H groups in total. The van der Waals surface area contributed by atoms with Crippen LogP contribution in [0.15, 0.2) is 35.3 Å². The van der Waals surface area contributed by atoms with Gasteiger partial charge in [0.05, 0.1) is 6.54 Å². The summed E-state index contributed by atoms with van der Waals surface area (Å²) < 4.78 is 5.26. The SMILES string of the molecule is CCNC(=NCC(C)(O)c1ccccc1)NCC1(CCOC)CCC1. The Hall–Kier alpha value is -1.59. The van der Waals surface area contributed by atoms with Crippen molar-refractivity contribution >= 4 is 5.96 Å². The van der Waals surface area contributed by atoms with Crippen LogP contribution in [0.5, 0.6) is 0 Å². The molecule has 0 heterocycles. The van der Waals surface area contributed by atoms with Gasteiger partial charge in [0, 0.05) is 26.8 Å². The van der Waals surface area contributed by atoms with Crippen molar-refractivity contribution in [3.8, 4) is 0 Å². The number of benzene rings is 1. The number of hydrogen-bond donors (Lipinski definition) is 3. The lowest BCUT2D eigenvalue weighted by Gasteiger charge is -2.42. The molecule has 0 aliphatic heterocycles. The Labute approximate surface area is 151 Å². The van der Waals surface area contributed by atoms with Crippen LogP contribution in [0.25, 0.3) is 0 Å². The molecule has 1 aromatic carbocycles. The topological polar surface area (TPSA) is 65.9 Å². The Bertz CT molecular complexity index is 539. The van der Waals surface area contributed by atoms with Crippen LogP contribution in [0.4, 0.5) is 0 Å². The summed E-state index contributed by atoms with van der Waals surface area (Å²) in [5.74, 6) is 0.766. The molecule has 1 fully saturated rings. The molecule has 0 saturated heterocycles. The molecule has 0 amide bonds. The molecule has 0 radical (unpaired) electrons. The molecule has 1 atom stereocenters. The summed E-state index contributed by atoms with van der Waals surface area (Å²) in [6.07, 6.45) is 4.86. The Kier molecular flexibility index (Phi) is 7.26. The van der Waals surface area contributed by atoms with Crippen molar-refractivity contribution in [1.29, 1.82) is 0 Å². The number of hydrogen-bond acceptors (Lipinski definition) is 3. The standard InChI is InChI=1S/C20H33N3O2/c1-4-21-18(23-16-20(11-8-12-20)13-14-25-3)22-15-19(2,24)17-9-6-5-7-10-17/h5-7,9-10,24H,4,8,11-16H2,1-3H3,(H2,21,22,23). The highest BCUT2D eigenvalue weighted by molar-refractivity contribution is 5.79. The predicted molar refractivity (Wildman–Crippen MR) is 103 cm³/mol. The van der Waals surface area contributed by atoms with Gasteiger partial charge in [-0.3, -0.25) is 0 Å². The molecule has 1 aliphatic carbocycles. The van der Waals surface area contributed by atoms with E-state index in [1.54, 1.807) is 14.0 Å². The van der Waals surface area contributed by atoms with Gasteiger partial charge >= 0.3 is 0 Å². The third-order valence-corrected chi connectivity index (χ3v) is 5.17. The summed E-state index contributed by atoms with van der Waals surface area (Å²) in [6, 6.07) is 9.70. The first-order valence-electron chi connectivity index (χ1n) is 9.30.